The molecule has 3 nitrogen and oxygen atoms in total. The van der Waals surface area contributed by atoms with Crippen LogP contribution in [0.4, 0.5) is 0 Å². The van der Waals surface area contributed by atoms with Crippen molar-refractivity contribution >= 4 is 5.84 Å². The Morgan fingerprint density at radius 2 is 2.56 bits per heavy atom. The van der Waals surface area contributed by atoms with Crippen LogP contribution in [-0.4, -0.2) is 24.4 Å². The minimum atomic E-state index is 0.640. The number of fused-ring (bicyclic) bond motifs is 1. The van der Waals surface area contributed by atoms with Gasteiger partial charge in [-0.3, -0.25) is 5.01 Å². The zero-order valence-electron chi connectivity index (χ0n) is 5.54. The Balaban J connectivity index is 2.18. The molecule has 2 rings (SSSR count). The van der Waals surface area contributed by atoms with E-state index in [9.17, 15) is 0 Å². The van der Waals surface area contributed by atoms with E-state index in [-0.39, 0.29) is 0 Å². The minimum absolute atomic E-state index is 0.640. The quantitative estimate of drug-likeness (QED) is 0.489. The van der Waals surface area contributed by atoms with Crippen molar-refractivity contribution in [3.63, 3.8) is 0 Å². The number of nitrogens with two attached hydrogens (primary N) is 1. The molecule has 2 atom stereocenters. The first-order valence-corrected chi connectivity index (χ1v) is 3.32. The van der Waals surface area contributed by atoms with Crippen molar-refractivity contribution in [1.29, 1.82) is 0 Å². The molecule has 0 bridgehead atoms. The van der Waals surface area contributed by atoms with E-state index >= 15 is 0 Å². The van der Waals surface area contributed by atoms with Crippen molar-refractivity contribution < 1.29 is 0 Å². The highest BCUT2D eigenvalue weighted by molar-refractivity contribution is 5.85. The van der Waals surface area contributed by atoms with Crippen molar-refractivity contribution in [2.24, 2.45) is 22.7 Å². The van der Waals surface area contributed by atoms with Crippen molar-refractivity contribution in [3.8, 4) is 0 Å². The second-order valence-electron chi connectivity index (χ2n) is 2.97. The Kier molecular flexibility index (Phi) is 0.793. The van der Waals surface area contributed by atoms with Gasteiger partial charge in [-0.2, -0.15) is 5.10 Å². The van der Waals surface area contributed by atoms with Gasteiger partial charge in [0.25, 0.3) is 0 Å². The van der Waals surface area contributed by atoms with Gasteiger partial charge in [0.2, 0.25) is 0 Å². The lowest BCUT2D eigenvalue weighted by atomic mass is 10.3. The summed E-state index contributed by atoms with van der Waals surface area (Å²) >= 11 is 0. The zero-order chi connectivity index (χ0) is 6.43. The molecule has 0 spiro atoms. The van der Waals surface area contributed by atoms with Crippen LogP contribution < -0.4 is 5.73 Å². The lowest BCUT2D eigenvalue weighted by Crippen LogP contribution is -2.29. The summed E-state index contributed by atoms with van der Waals surface area (Å²) in [6.07, 6.45) is 1.26. The molecule has 1 aliphatic heterocycles. The SMILES string of the molecule is CN1CC2CC2C(N)=N1. The first-order chi connectivity index (χ1) is 4.27. The van der Waals surface area contributed by atoms with E-state index in [1.165, 1.54) is 6.42 Å². The van der Waals surface area contributed by atoms with Crippen LogP contribution >= 0.6 is 0 Å². The standard InChI is InChI=1S/C6H11N3/c1-9-3-4-2-5(4)6(7)8-9/h4-5H,2-3H2,1H3,(H2,7,8). The van der Waals surface area contributed by atoms with Crippen molar-refractivity contribution in [2.75, 3.05) is 13.6 Å². The maximum atomic E-state index is 5.62. The van der Waals surface area contributed by atoms with Crippen LogP contribution in [0.15, 0.2) is 5.10 Å². The van der Waals surface area contributed by atoms with Crippen LogP contribution in [0.5, 0.6) is 0 Å². The lowest BCUT2D eigenvalue weighted by Gasteiger charge is -2.17. The second kappa shape index (κ2) is 1.40. The largest absolute Gasteiger partial charge is 0.385 e. The molecule has 1 saturated carbocycles. The summed E-state index contributed by atoms with van der Waals surface area (Å²) in [5.41, 5.74) is 5.62. The van der Waals surface area contributed by atoms with Crippen LogP contribution in [0.3, 0.4) is 0 Å². The van der Waals surface area contributed by atoms with Gasteiger partial charge in [-0.05, 0) is 12.3 Å². The van der Waals surface area contributed by atoms with Gasteiger partial charge in [0, 0.05) is 19.5 Å². The highest BCUT2D eigenvalue weighted by Gasteiger charge is 2.43. The third kappa shape index (κ3) is 0.677. The lowest BCUT2D eigenvalue weighted by molar-refractivity contribution is 0.320. The van der Waals surface area contributed by atoms with E-state index < -0.39 is 0 Å². The van der Waals surface area contributed by atoms with Gasteiger partial charge >= 0.3 is 0 Å². The number of hydrogen-bond acceptors (Lipinski definition) is 3. The molecular weight excluding hydrogens is 114 g/mol. The molecule has 2 N–H and O–H groups in total. The maximum Gasteiger partial charge on any atom is 0.123 e. The molecule has 0 amide bonds. The average molecular weight is 125 g/mol. The number of rotatable bonds is 0. The van der Waals surface area contributed by atoms with Gasteiger partial charge in [-0.1, -0.05) is 0 Å². The number of amidine groups is 1. The van der Waals surface area contributed by atoms with Crippen molar-refractivity contribution in [1.82, 2.24) is 5.01 Å². The number of hydrazone groups is 1. The molecule has 9 heavy (non-hydrogen) atoms. The van der Waals surface area contributed by atoms with E-state index in [0.29, 0.717) is 5.92 Å². The predicted molar refractivity (Wildman–Crippen MR) is 35.8 cm³/mol. The van der Waals surface area contributed by atoms with Crippen molar-refractivity contribution in [2.45, 2.75) is 6.42 Å². The summed E-state index contributed by atoms with van der Waals surface area (Å²) in [7, 11) is 1.97. The predicted octanol–water partition coefficient (Wildman–Crippen LogP) is -0.160. The van der Waals surface area contributed by atoms with E-state index in [1.54, 1.807) is 0 Å². The molecule has 0 saturated heterocycles. The number of hydrogen-bond donors (Lipinski definition) is 1. The summed E-state index contributed by atoms with van der Waals surface area (Å²) in [5.74, 6) is 2.31. The van der Waals surface area contributed by atoms with Crippen molar-refractivity contribution in [3.05, 3.63) is 0 Å². The van der Waals surface area contributed by atoms with Gasteiger partial charge < -0.3 is 5.73 Å². The van der Waals surface area contributed by atoms with Gasteiger partial charge in [0.15, 0.2) is 0 Å². The van der Waals surface area contributed by atoms with E-state index in [2.05, 4.69) is 5.10 Å². The highest BCUT2D eigenvalue weighted by atomic mass is 15.5. The monoisotopic (exact) mass is 125 g/mol. The Hall–Kier alpha value is -0.730. The van der Waals surface area contributed by atoms with Gasteiger partial charge in [0.1, 0.15) is 5.84 Å². The Labute approximate surface area is 54.5 Å². The molecule has 2 aliphatic rings. The Morgan fingerprint density at radius 3 is 3.22 bits per heavy atom. The summed E-state index contributed by atoms with van der Waals surface area (Å²) < 4.78 is 0. The fraction of sp³-hybridized carbons (Fsp3) is 0.833. The molecular formula is C6H11N3. The first-order valence-electron chi connectivity index (χ1n) is 3.32. The molecule has 3 heteroatoms. The van der Waals surface area contributed by atoms with Crippen LogP contribution in [0.1, 0.15) is 6.42 Å². The topological polar surface area (TPSA) is 41.6 Å². The first kappa shape index (κ1) is 5.09. The molecule has 2 unspecified atom stereocenters. The van der Waals surface area contributed by atoms with E-state index in [4.69, 9.17) is 5.73 Å². The normalized spacial score (nSPS) is 39.7. The molecule has 1 aliphatic carbocycles. The molecule has 1 heterocycles. The smallest absolute Gasteiger partial charge is 0.123 e. The summed E-state index contributed by atoms with van der Waals surface area (Å²) in [6.45, 7) is 1.10. The molecule has 0 aromatic rings. The van der Waals surface area contributed by atoms with Gasteiger partial charge in [0.05, 0.1) is 0 Å². The average Bonchev–Trinajstić information content (AvgIpc) is 2.43. The van der Waals surface area contributed by atoms with Crippen LogP contribution in [0.2, 0.25) is 0 Å². The minimum Gasteiger partial charge on any atom is -0.385 e. The molecule has 0 radical (unpaired) electrons. The Bertz CT molecular complexity index is 164. The molecule has 0 aromatic carbocycles. The summed E-state index contributed by atoms with van der Waals surface area (Å²) in [5, 5.41) is 6.07. The fourth-order valence-corrected chi connectivity index (χ4v) is 1.46. The van der Waals surface area contributed by atoms with Crippen LogP contribution in [-0.2, 0) is 0 Å². The third-order valence-electron chi connectivity index (χ3n) is 2.09. The van der Waals surface area contributed by atoms with E-state index in [0.717, 1.165) is 18.3 Å². The Morgan fingerprint density at radius 1 is 1.78 bits per heavy atom. The fourth-order valence-electron chi connectivity index (χ4n) is 1.46. The van der Waals surface area contributed by atoms with Gasteiger partial charge in [-0.25, -0.2) is 0 Å². The zero-order valence-corrected chi connectivity index (χ0v) is 5.54. The number of nitrogens with zero attached hydrogens (tertiary/aromatic N) is 2. The summed E-state index contributed by atoms with van der Waals surface area (Å²) in [6, 6.07) is 0. The molecule has 50 valence electrons. The highest BCUT2D eigenvalue weighted by Crippen LogP contribution is 2.41. The third-order valence-corrected chi connectivity index (χ3v) is 2.09. The molecule has 1 fully saturated rings. The second-order valence-corrected chi connectivity index (χ2v) is 2.97. The van der Waals surface area contributed by atoms with Crippen LogP contribution in [0.25, 0.3) is 0 Å². The maximum absolute atomic E-state index is 5.62. The van der Waals surface area contributed by atoms with Gasteiger partial charge in [-0.15, -0.1) is 0 Å². The summed E-state index contributed by atoms with van der Waals surface area (Å²) in [4.78, 5) is 0. The molecule has 0 aromatic heterocycles. The van der Waals surface area contributed by atoms with E-state index in [1.807, 2.05) is 12.1 Å². The van der Waals surface area contributed by atoms with Crippen LogP contribution in [0, 0.1) is 11.8 Å².